The van der Waals surface area contributed by atoms with Crippen LogP contribution in [0.1, 0.15) is 11.0 Å². The third-order valence-electron chi connectivity index (χ3n) is 9.63. The summed E-state index contributed by atoms with van der Waals surface area (Å²) in [5.41, 5.74) is 6.97. The first-order valence-corrected chi connectivity index (χ1v) is 16.8. The summed E-state index contributed by atoms with van der Waals surface area (Å²) < 4.78 is 74.9. The molecule has 0 bridgehead atoms. The second kappa shape index (κ2) is 12.0. The van der Waals surface area contributed by atoms with Crippen molar-refractivity contribution in [3.63, 3.8) is 0 Å². The van der Waals surface area contributed by atoms with E-state index in [1.165, 1.54) is 0 Å². The van der Waals surface area contributed by atoms with Gasteiger partial charge in [0.05, 0.1) is 27.7 Å². The highest BCUT2D eigenvalue weighted by molar-refractivity contribution is 6.21. The van der Waals surface area contributed by atoms with E-state index in [9.17, 15) is 5.48 Å². The minimum absolute atomic E-state index is 0.171. The van der Waals surface area contributed by atoms with Crippen LogP contribution in [0.25, 0.3) is 93.8 Å². The summed E-state index contributed by atoms with van der Waals surface area (Å²) in [6.45, 7) is 0. The number of para-hydroxylation sites is 2. The highest BCUT2D eigenvalue weighted by Crippen LogP contribution is 2.44. The summed E-state index contributed by atoms with van der Waals surface area (Å²) in [7, 11) is 0. The number of benzene rings is 9. The summed E-state index contributed by atoms with van der Waals surface area (Å²) in [5, 5.41) is 2.85. The van der Waals surface area contributed by atoms with Crippen molar-refractivity contribution in [2.75, 3.05) is 0 Å². The largest absolute Gasteiger partial charge is 0.292 e. The SMILES string of the molecule is [2H]c1c([2H])c([2H])c2c(-c3cccc(-c4ccccc4)c3)c3c([2H])c([2H])c([2H])c([2H])c3c(-c3ccc(-c4nc5ccccc5n4-c4cccc5ccccc45)cc3)c2c1[2H]. The number of fused-ring (bicyclic) bond motifs is 4. The standard InChI is InChI=1S/C49H32N2/c1-2-14-33(15-3-1)37-18-12-19-38(32-37)48-42-23-8-6-21-40(42)47(41-22-7-9-24-43(41)48)35-28-30-36(31-29-35)49-50-44-25-10-11-26-46(44)51(49)45-27-13-17-34-16-4-5-20-39(34)45/h1-32H/i6D,7D,8D,9D,21D,22D,23D,24D. The maximum absolute atomic E-state index is 9.38. The molecule has 0 saturated carbocycles. The average molecular weight is 657 g/mol. The molecular formula is C49H32N2. The summed E-state index contributed by atoms with van der Waals surface area (Å²) in [4.78, 5) is 5.10. The van der Waals surface area contributed by atoms with Gasteiger partial charge in [0.25, 0.3) is 0 Å². The number of nitrogens with zero attached hydrogens (tertiary/aromatic N) is 2. The van der Waals surface area contributed by atoms with Gasteiger partial charge in [0.15, 0.2) is 0 Å². The monoisotopic (exact) mass is 656 g/mol. The average Bonchev–Trinajstić information content (AvgIpc) is 3.67. The maximum Gasteiger partial charge on any atom is 0.145 e. The number of imidazole rings is 1. The van der Waals surface area contributed by atoms with Gasteiger partial charge in [-0.2, -0.15) is 0 Å². The molecule has 0 aliphatic carbocycles. The Morgan fingerprint density at radius 1 is 0.412 bits per heavy atom. The first-order chi connectivity index (χ1) is 28.6. The molecule has 0 atom stereocenters. The molecule has 9 aromatic carbocycles. The van der Waals surface area contributed by atoms with Gasteiger partial charge in [0.1, 0.15) is 5.82 Å². The molecule has 10 aromatic rings. The quantitative estimate of drug-likeness (QED) is 0.169. The van der Waals surface area contributed by atoms with Crippen molar-refractivity contribution in [2.45, 2.75) is 0 Å². The molecule has 0 aliphatic rings. The molecule has 2 nitrogen and oxygen atoms in total. The van der Waals surface area contributed by atoms with Crippen molar-refractivity contribution in [1.82, 2.24) is 9.55 Å². The summed E-state index contributed by atoms with van der Waals surface area (Å²) in [6, 6.07) is 44.2. The molecule has 0 aliphatic heterocycles. The van der Waals surface area contributed by atoms with E-state index in [1.807, 2.05) is 121 Å². The van der Waals surface area contributed by atoms with Crippen molar-refractivity contribution in [2.24, 2.45) is 0 Å². The lowest BCUT2D eigenvalue weighted by Crippen LogP contribution is -1.98. The summed E-state index contributed by atoms with van der Waals surface area (Å²) in [5.74, 6) is 0.696. The first kappa shape index (κ1) is 22.0. The van der Waals surface area contributed by atoms with Crippen LogP contribution in [-0.2, 0) is 0 Å². The molecule has 0 N–H and O–H groups in total. The van der Waals surface area contributed by atoms with Crippen LogP contribution in [0, 0.1) is 0 Å². The predicted molar refractivity (Wildman–Crippen MR) is 215 cm³/mol. The predicted octanol–water partition coefficient (Wildman–Crippen LogP) is 13.2. The molecule has 10 rings (SSSR count). The van der Waals surface area contributed by atoms with E-state index >= 15 is 0 Å². The van der Waals surface area contributed by atoms with Crippen molar-refractivity contribution >= 4 is 43.4 Å². The lowest BCUT2D eigenvalue weighted by molar-refractivity contribution is 1.11. The Morgan fingerprint density at radius 2 is 0.961 bits per heavy atom. The van der Waals surface area contributed by atoms with Crippen LogP contribution in [0.2, 0.25) is 0 Å². The molecule has 1 heterocycles. The van der Waals surface area contributed by atoms with E-state index in [-0.39, 0.29) is 45.7 Å². The van der Waals surface area contributed by atoms with Crippen LogP contribution < -0.4 is 0 Å². The molecule has 0 amide bonds. The first-order valence-electron chi connectivity index (χ1n) is 20.8. The number of hydrogen-bond acceptors (Lipinski definition) is 1. The Balaban J connectivity index is 1.28. The van der Waals surface area contributed by atoms with E-state index in [4.69, 9.17) is 10.5 Å². The zero-order valence-electron chi connectivity index (χ0n) is 35.3. The zero-order valence-corrected chi connectivity index (χ0v) is 27.3. The van der Waals surface area contributed by atoms with E-state index < -0.39 is 24.2 Å². The topological polar surface area (TPSA) is 17.8 Å². The van der Waals surface area contributed by atoms with Crippen molar-refractivity contribution < 1.29 is 11.0 Å². The third kappa shape index (κ3) is 4.84. The van der Waals surface area contributed by atoms with Crippen LogP contribution in [0.4, 0.5) is 0 Å². The Hall–Kier alpha value is -6.77. The Labute approximate surface area is 307 Å². The summed E-state index contributed by atoms with van der Waals surface area (Å²) >= 11 is 0. The van der Waals surface area contributed by atoms with Crippen LogP contribution in [0.5, 0.6) is 0 Å². The third-order valence-corrected chi connectivity index (χ3v) is 9.63. The number of rotatable bonds is 5. The normalized spacial score (nSPS) is 13.7. The highest BCUT2D eigenvalue weighted by atomic mass is 15.1. The maximum atomic E-state index is 9.38. The van der Waals surface area contributed by atoms with Gasteiger partial charge in [0.2, 0.25) is 0 Å². The lowest BCUT2D eigenvalue weighted by Gasteiger charge is -2.18. The molecule has 0 spiro atoms. The Morgan fingerprint density at radius 3 is 1.71 bits per heavy atom. The Kier molecular flexibility index (Phi) is 5.18. The minimum Gasteiger partial charge on any atom is -0.292 e. The van der Waals surface area contributed by atoms with Gasteiger partial charge < -0.3 is 0 Å². The fourth-order valence-corrected chi connectivity index (χ4v) is 7.34. The van der Waals surface area contributed by atoms with Gasteiger partial charge in [-0.05, 0) is 84.6 Å². The second-order valence-corrected chi connectivity index (χ2v) is 12.5. The second-order valence-electron chi connectivity index (χ2n) is 12.5. The van der Waals surface area contributed by atoms with E-state index in [0.29, 0.717) is 28.1 Å². The van der Waals surface area contributed by atoms with Gasteiger partial charge in [-0.25, -0.2) is 4.98 Å². The summed E-state index contributed by atoms with van der Waals surface area (Å²) in [6.07, 6.45) is 0. The van der Waals surface area contributed by atoms with Crippen LogP contribution >= 0.6 is 0 Å². The van der Waals surface area contributed by atoms with Gasteiger partial charge in [0, 0.05) is 10.9 Å². The highest BCUT2D eigenvalue weighted by Gasteiger charge is 2.19. The van der Waals surface area contributed by atoms with Gasteiger partial charge in [-0.15, -0.1) is 0 Å². The molecule has 0 unspecified atom stereocenters. The van der Waals surface area contributed by atoms with Crippen molar-refractivity contribution in [3.05, 3.63) is 194 Å². The van der Waals surface area contributed by atoms with Gasteiger partial charge in [-0.3, -0.25) is 4.57 Å². The fourth-order valence-electron chi connectivity index (χ4n) is 7.34. The van der Waals surface area contributed by atoms with E-state index in [1.54, 1.807) is 0 Å². The van der Waals surface area contributed by atoms with Crippen molar-refractivity contribution in [1.29, 1.82) is 0 Å². The van der Waals surface area contributed by atoms with Crippen molar-refractivity contribution in [3.8, 4) is 50.5 Å². The fraction of sp³-hybridized carbons (Fsp3) is 0. The van der Waals surface area contributed by atoms with Crippen LogP contribution in [-0.4, -0.2) is 9.55 Å². The van der Waals surface area contributed by atoms with Crippen LogP contribution in [0.15, 0.2) is 194 Å². The molecular weight excluding hydrogens is 617 g/mol. The smallest absolute Gasteiger partial charge is 0.145 e. The molecule has 1 aromatic heterocycles. The lowest BCUT2D eigenvalue weighted by atomic mass is 9.85. The minimum atomic E-state index is -0.437. The van der Waals surface area contributed by atoms with Crippen LogP contribution in [0.3, 0.4) is 0 Å². The molecule has 0 saturated heterocycles. The van der Waals surface area contributed by atoms with E-state index in [0.717, 1.165) is 44.2 Å². The molecule has 0 radical (unpaired) electrons. The van der Waals surface area contributed by atoms with Gasteiger partial charge >= 0.3 is 0 Å². The van der Waals surface area contributed by atoms with E-state index in [2.05, 4.69) is 28.8 Å². The molecule has 2 heteroatoms. The molecule has 238 valence electrons. The van der Waals surface area contributed by atoms with Gasteiger partial charge in [-0.1, -0.05) is 170 Å². The number of aromatic nitrogens is 2. The zero-order chi connectivity index (χ0) is 40.7. The molecule has 0 fully saturated rings. The number of hydrogen-bond donors (Lipinski definition) is 0. The molecule has 51 heavy (non-hydrogen) atoms. The Bertz CT molecular complexity index is 3270.